The summed E-state index contributed by atoms with van der Waals surface area (Å²) in [5.74, 6) is 0.793. The molecule has 15 heavy (non-hydrogen) atoms. The third-order valence-electron chi connectivity index (χ3n) is 3.13. The molecule has 0 amide bonds. The maximum atomic E-state index is 3.62. The number of hydrogen-bond acceptors (Lipinski definition) is 1. The lowest BCUT2D eigenvalue weighted by molar-refractivity contribution is 0.246. The predicted molar refractivity (Wildman–Crippen MR) is 70.2 cm³/mol. The molecule has 0 atom stereocenters. The summed E-state index contributed by atoms with van der Waals surface area (Å²) in [6.07, 6.45) is 2.54. The topological polar surface area (TPSA) is 12.0 Å². The maximum absolute atomic E-state index is 3.62. The Balaban J connectivity index is 3.84. The summed E-state index contributed by atoms with van der Waals surface area (Å²) in [5, 5.41) is 3.62. The van der Waals surface area contributed by atoms with Crippen molar-refractivity contribution in [3.8, 4) is 0 Å². The van der Waals surface area contributed by atoms with E-state index in [0.29, 0.717) is 10.8 Å². The van der Waals surface area contributed by atoms with Crippen molar-refractivity contribution in [2.45, 2.75) is 61.3 Å². The normalized spacial score (nSPS) is 13.6. The van der Waals surface area contributed by atoms with Crippen LogP contribution in [0.5, 0.6) is 0 Å². The fraction of sp³-hybridized carbons (Fsp3) is 1.00. The van der Waals surface area contributed by atoms with Gasteiger partial charge < -0.3 is 5.32 Å². The third-order valence-corrected chi connectivity index (χ3v) is 3.13. The van der Waals surface area contributed by atoms with Crippen molar-refractivity contribution in [3.63, 3.8) is 0 Å². The molecule has 0 spiro atoms. The average molecular weight is 213 g/mol. The van der Waals surface area contributed by atoms with E-state index in [-0.39, 0.29) is 0 Å². The van der Waals surface area contributed by atoms with Gasteiger partial charge in [-0.1, -0.05) is 48.5 Å². The second-order valence-electron chi connectivity index (χ2n) is 6.88. The fourth-order valence-electron chi connectivity index (χ4n) is 2.04. The Morgan fingerprint density at radius 1 is 0.933 bits per heavy atom. The zero-order chi connectivity index (χ0) is 12.1. The SMILES string of the molecule is CCC(C)(C)CNCC(C)(C)CC(C)C. The standard InChI is InChI=1S/C14H31N/c1-8-13(4,5)10-15-11-14(6,7)9-12(2)3/h12,15H,8-11H2,1-7H3. The molecular formula is C14H31N. The number of nitrogens with one attached hydrogen (secondary N) is 1. The van der Waals surface area contributed by atoms with Gasteiger partial charge in [0.1, 0.15) is 0 Å². The summed E-state index contributed by atoms with van der Waals surface area (Å²) in [5.41, 5.74) is 0.867. The van der Waals surface area contributed by atoms with E-state index in [1.54, 1.807) is 0 Å². The minimum atomic E-state index is 0.429. The Morgan fingerprint density at radius 3 is 1.80 bits per heavy atom. The van der Waals surface area contributed by atoms with Gasteiger partial charge in [0, 0.05) is 13.1 Å². The molecule has 1 nitrogen and oxygen atoms in total. The van der Waals surface area contributed by atoms with Gasteiger partial charge in [-0.2, -0.15) is 0 Å². The van der Waals surface area contributed by atoms with Crippen LogP contribution in [0.2, 0.25) is 0 Å². The summed E-state index contributed by atoms with van der Waals surface area (Å²) in [6, 6.07) is 0. The molecule has 0 radical (unpaired) electrons. The molecular weight excluding hydrogens is 182 g/mol. The molecule has 0 bridgehead atoms. The van der Waals surface area contributed by atoms with Gasteiger partial charge in [-0.25, -0.2) is 0 Å². The van der Waals surface area contributed by atoms with E-state index < -0.39 is 0 Å². The van der Waals surface area contributed by atoms with Crippen molar-refractivity contribution < 1.29 is 0 Å². The lowest BCUT2D eigenvalue weighted by Crippen LogP contribution is -2.36. The Kier molecular flexibility index (Phi) is 5.87. The summed E-state index contributed by atoms with van der Waals surface area (Å²) in [7, 11) is 0. The lowest BCUT2D eigenvalue weighted by Gasteiger charge is -2.30. The van der Waals surface area contributed by atoms with E-state index in [2.05, 4.69) is 53.8 Å². The second kappa shape index (κ2) is 5.89. The van der Waals surface area contributed by atoms with E-state index in [0.717, 1.165) is 19.0 Å². The Hall–Kier alpha value is -0.0400. The van der Waals surface area contributed by atoms with E-state index in [4.69, 9.17) is 0 Å². The molecule has 0 aliphatic rings. The molecule has 0 heterocycles. The van der Waals surface area contributed by atoms with Crippen molar-refractivity contribution >= 4 is 0 Å². The highest BCUT2D eigenvalue weighted by Gasteiger charge is 2.21. The van der Waals surface area contributed by atoms with E-state index in [1.807, 2.05) is 0 Å². The van der Waals surface area contributed by atoms with Crippen molar-refractivity contribution in [3.05, 3.63) is 0 Å². The van der Waals surface area contributed by atoms with Gasteiger partial charge in [0.05, 0.1) is 0 Å². The van der Waals surface area contributed by atoms with Crippen LogP contribution in [-0.4, -0.2) is 13.1 Å². The maximum Gasteiger partial charge on any atom is 0.000284 e. The summed E-state index contributed by atoms with van der Waals surface area (Å²) in [4.78, 5) is 0. The molecule has 0 saturated carbocycles. The van der Waals surface area contributed by atoms with Crippen LogP contribution < -0.4 is 5.32 Å². The van der Waals surface area contributed by atoms with Gasteiger partial charge in [0.25, 0.3) is 0 Å². The molecule has 0 aliphatic carbocycles. The van der Waals surface area contributed by atoms with Gasteiger partial charge in [-0.05, 0) is 29.6 Å². The lowest BCUT2D eigenvalue weighted by atomic mass is 9.83. The van der Waals surface area contributed by atoms with E-state index in [9.17, 15) is 0 Å². The van der Waals surface area contributed by atoms with Crippen LogP contribution >= 0.6 is 0 Å². The van der Waals surface area contributed by atoms with Crippen molar-refractivity contribution in [1.29, 1.82) is 0 Å². The van der Waals surface area contributed by atoms with E-state index in [1.165, 1.54) is 12.8 Å². The first-order valence-electron chi connectivity index (χ1n) is 6.39. The first-order chi connectivity index (χ1) is 6.68. The highest BCUT2D eigenvalue weighted by Crippen LogP contribution is 2.25. The van der Waals surface area contributed by atoms with Gasteiger partial charge >= 0.3 is 0 Å². The molecule has 1 N–H and O–H groups in total. The highest BCUT2D eigenvalue weighted by molar-refractivity contribution is 4.76. The smallest absolute Gasteiger partial charge is 0.000284 e. The van der Waals surface area contributed by atoms with Gasteiger partial charge in [0.15, 0.2) is 0 Å². The molecule has 0 fully saturated rings. The molecule has 0 saturated heterocycles. The Bertz CT molecular complexity index is 168. The number of rotatable bonds is 7. The van der Waals surface area contributed by atoms with Crippen LogP contribution in [0.1, 0.15) is 61.3 Å². The summed E-state index contributed by atoms with van der Waals surface area (Å²) >= 11 is 0. The molecule has 0 aromatic rings. The monoisotopic (exact) mass is 213 g/mol. The van der Waals surface area contributed by atoms with Crippen LogP contribution in [-0.2, 0) is 0 Å². The van der Waals surface area contributed by atoms with Gasteiger partial charge in [-0.15, -0.1) is 0 Å². The molecule has 0 aromatic heterocycles. The largest absolute Gasteiger partial charge is 0.316 e. The molecule has 1 heteroatoms. The van der Waals surface area contributed by atoms with Crippen molar-refractivity contribution in [2.75, 3.05) is 13.1 Å². The van der Waals surface area contributed by atoms with Gasteiger partial charge in [0.2, 0.25) is 0 Å². The zero-order valence-electron chi connectivity index (χ0n) is 11.9. The van der Waals surface area contributed by atoms with E-state index >= 15 is 0 Å². The summed E-state index contributed by atoms with van der Waals surface area (Å²) in [6.45, 7) is 18.5. The third kappa shape index (κ3) is 7.84. The average Bonchev–Trinajstić information content (AvgIpc) is 2.00. The van der Waals surface area contributed by atoms with Crippen LogP contribution in [0.3, 0.4) is 0 Å². The zero-order valence-corrected chi connectivity index (χ0v) is 11.9. The number of hydrogen-bond donors (Lipinski definition) is 1. The molecule has 92 valence electrons. The van der Waals surface area contributed by atoms with Crippen LogP contribution in [0.4, 0.5) is 0 Å². The molecule has 0 aliphatic heterocycles. The van der Waals surface area contributed by atoms with Crippen LogP contribution in [0.25, 0.3) is 0 Å². The molecule has 0 unspecified atom stereocenters. The predicted octanol–water partition coefficient (Wildman–Crippen LogP) is 4.08. The Labute approximate surface area is 97.0 Å². The first-order valence-corrected chi connectivity index (χ1v) is 6.39. The highest BCUT2D eigenvalue weighted by atomic mass is 14.9. The van der Waals surface area contributed by atoms with Gasteiger partial charge in [-0.3, -0.25) is 0 Å². The quantitative estimate of drug-likeness (QED) is 0.672. The van der Waals surface area contributed by atoms with Crippen LogP contribution in [0.15, 0.2) is 0 Å². The molecule has 0 rings (SSSR count). The van der Waals surface area contributed by atoms with Crippen molar-refractivity contribution in [2.24, 2.45) is 16.7 Å². The first kappa shape index (κ1) is 15.0. The Morgan fingerprint density at radius 2 is 1.40 bits per heavy atom. The van der Waals surface area contributed by atoms with Crippen LogP contribution in [0, 0.1) is 16.7 Å². The second-order valence-corrected chi connectivity index (χ2v) is 6.88. The summed E-state index contributed by atoms with van der Waals surface area (Å²) < 4.78 is 0. The van der Waals surface area contributed by atoms with Crippen molar-refractivity contribution in [1.82, 2.24) is 5.32 Å². The minimum Gasteiger partial charge on any atom is -0.316 e. The minimum absolute atomic E-state index is 0.429. The fourth-order valence-corrected chi connectivity index (χ4v) is 2.04. The molecule has 0 aromatic carbocycles.